The van der Waals surface area contributed by atoms with E-state index in [0.717, 1.165) is 18.4 Å². The van der Waals surface area contributed by atoms with Gasteiger partial charge >= 0.3 is 0 Å². The zero-order valence-electron chi connectivity index (χ0n) is 14.6. The number of hydrogen-bond acceptors (Lipinski definition) is 2. The molecule has 1 saturated heterocycles. The summed E-state index contributed by atoms with van der Waals surface area (Å²) in [4.78, 5) is 6.92. The normalized spacial score (nSPS) is 22.1. The van der Waals surface area contributed by atoms with Crippen molar-refractivity contribution < 1.29 is 0 Å². The van der Waals surface area contributed by atoms with Gasteiger partial charge in [-0.1, -0.05) is 33.1 Å². The van der Waals surface area contributed by atoms with Gasteiger partial charge in [-0.2, -0.15) is 0 Å². The van der Waals surface area contributed by atoms with Crippen LogP contribution in [0.5, 0.6) is 0 Å². The number of nitrogens with zero attached hydrogens (tertiary/aromatic N) is 2. The first-order valence-electron chi connectivity index (χ1n) is 8.89. The van der Waals surface area contributed by atoms with Crippen LogP contribution in [0, 0.1) is 5.92 Å². The molecule has 2 unspecified atom stereocenters. The molecule has 2 N–H and O–H groups in total. The Morgan fingerprint density at radius 2 is 2.14 bits per heavy atom. The quantitative estimate of drug-likeness (QED) is 0.411. The van der Waals surface area contributed by atoms with Crippen LogP contribution < -0.4 is 10.6 Å². The molecular weight excluding hydrogens is 260 g/mol. The molecule has 21 heavy (non-hydrogen) atoms. The Balaban J connectivity index is 2.24. The van der Waals surface area contributed by atoms with Gasteiger partial charge in [-0.05, 0) is 45.2 Å². The first-order chi connectivity index (χ1) is 10.2. The van der Waals surface area contributed by atoms with Crippen LogP contribution in [0.25, 0.3) is 0 Å². The molecule has 0 bridgehead atoms. The fourth-order valence-electron chi connectivity index (χ4n) is 3.05. The molecule has 1 aliphatic heterocycles. The van der Waals surface area contributed by atoms with Gasteiger partial charge in [0.1, 0.15) is 0 Å². The minimum atomic E-state index is 0.501. The van der Waals surface area contributed by atoms with Crippen LogP contribution in [0.15, 0.2) is 4.99 Å². The van der Waals surface area contributed by atoms with Gasteiger partial charge in [0.05, 0.1) is 0 Å². The number of piperidine rings is 1. The predicted molar refractivity (Wildman–Crippen MR) is 92.9 cm³/mol. The average Bonchev–Trinajstić information content (AvgIpc) is 2.51. The van der Waals surface area contributed by atoms with E-state index in [9.17, 15) is 0 Å². The molecule has 2 atom stereocenters. The molecule has 0 aliphatic carbocycles. The van der Waals surface area contributed by atoms with Crippen molar-refractivity contribution >= 4 is 5.96 Å². The summed E-state index contributed by atoms with van der Waals surface area (Å²) in [7, 11) is 1.87. The summed E-state index contributed by atoms with van der Waals surface area (Å²) in [6.45, 7) is 11.5. The molecule has 0 aromatic heterocycles. The molecule has 0 saturated carbocycles. The highest BCUT2D eigenvalue weighted by molar-refractivity contribution is 5.79. The number of likely N-dealkylation sites (tertiary alicyclic amines) is 1. The molecule has 1 fully saturated rings. The molecule has 0 amide bonds. The van der Waals surface area contributed by atoms with E-state index in [1.165, 1.54) is 58.2 Å². The van der Waals surface area contributed by atoms with Gasteiger partial charge in [-0.3, -0.25) is 4.99 Å². The highest BCUT2D eigenvalue weighted by Crippen LogP contribution is 2.15. The SMILES string of the molecule is CCCCCC(C)NC(=NC)NCC1CCCN(CC)C1. The minimum absolute atomic E-state index is 0.501. The van der Waals surface area contributed by atoms with Crippen LogP contribution >= 0.6 is 0 Å². The molecule has 0 spiro atoms. The van der Waals surface area contributed by atoms with Crippen molar-refractivity contribution in [2.24, 2.45) is 10.9 Å². The van der Waals surface area contributed by atoms with E-state index >= 15 is 0 Å². The summed E-state index contributed by atoms with van der Waals surface area (Å²) in [6, 6.07) is 0.501. The number of aliphatic imine (C=N–C) groups is 1. The van der Waals surface area contributed by atoms with Gasteiger partial charge in [-0.15, -0.1) is 0 Å². The molecule has 1 rings (SSSR count). The number of nitrogens with one attached hydrogen (secondary N) is 2. The minimum Gasteiger partial charge on any atom is -0.356 e. The van der Waals surface area contributed by atoms with E-state index in [-0.39, 0.29) is 0 Å². The highest BCUT2D eigenvalue weighted by Gasteiger charge is 2.18. The first-order valence-corrected chi connectivity index (χ1v) is 8.89. The van der Waals surface area contributed by atoms with Crippen molar-refractivity contribution in [3.05, 3.63) is 0 Å². The fraction of sp³-hybridized carbons (Fsp3) is 0.941. The summed E-state index contributed by atoms with van der Waals surface area (Å²) >= 11 is 0. The lowest BCUT2D eigenvalue weighted by Gasteiger charge is -2.32. The smallest absolute Gasteiger partial charge is 0.191 e. The summed E-state index contributed by atoms with van der Waals surface area (Å²) < 4.78 is 0. The van der Waals surface area contributed by atoms with Gasteiger partial charge < -0.3 is 15.5 Å². The summed E-state index contributed by atoms with van der Waals surface area (Å²) in [5.74, 6) is 1.72. The Hall–Kier alpha value is -0.770. The Bertz CT molecular complexity index is 291. The van der Waals surface area contributed by atoms with Crippen molar-refractivity contribution in [2.45, 2.75) is 65.3 Å². The van der Waals surface area contributed by atoms with E-state index in [1.54, 1.807) is 0 Å². The third-order valence-corrected chi connectivity index (χ3v) is 4.46. The number of unbranched alkanes of at least 4 members (excludes halogenated alkanes) is 2. The fourth-order valence-corrected chi connectivity index (χ4v) is 3.05. The van der Waals surface area contributed by atoms with Crippen LogP contribution in [0.3, 0.4) is 0 Å². The molecule has 1 aliphatic rings. The lowest BCUT2D eigenvalue weighted by molar-refractivity contribution is 0.183. The Morgan fingerprint density at radius 1 is 1.33 bits per heavy atom. The second kappa shape index (κ2) is 10.9. The molecule has 0 radical (unpaired) electrons. The zero-order valence-corrected chi connectivity index (χ0v) is 14.6. The van der Waals surface area contributed by atoms with Crippen LogP contribution in [-0.2, 0) is 0 Å². The number of rotatable bonds is 8. The summed E-state index contributed by atoms with van der Waals surface area (Å²) in [5.41, 5.74) is 0. The van der Waals surface area contributed by atoms with E-state index in [1.807, 2.05) is 7.05 Å². The maximum atomic E-state index is 4.36. The molecule has 124 valence electrons. The molecule has 4 nitrogen and oxygen atoms in total. The standard InChI is InChI=1S/C17H36N4/c1-5-7-8-10-15(3)20-17(18-4)19-13-16-11-9-12-21(6-2)14-16/h15-16H,5-14H2,1-4H3,(H2,18,19,20). The lowest BCUT2D eigenvalue weighted by atomic mass is 9.98. The zero-order chi connectivity index (χ0) is 15.5. The summed E-state index contributed by atoms with van der Waals surface area (Å²) in [5, 5.41) is 7.03. The van der Waals surface area contributed by atoms with Gasteiger partial charge in [0.15, 0.2) is 5.96 Å². The van der Waals surface area contributed by atoms with Crippen molar-refractivity contribution in [2.75, 3.05) is 33.2 Å². The van der Waals surface area contributed by atoms with Gasteiger partial charge in [0, 0.05) is 26.2 Å². The van der Waals surface area contributed by atoms with E-state index in [2.05, 4.69) is 41.3 Å². The highest BCUT2D eigenvalue weighted by atomic mass is 15.2. The average molecular weight is 297 g/mol. The van der Waals surface area contributed by atoms with E-state index in [4.69, 9.17) is 0 Å². The topological polar surface area (TPSA) is 39.7 Å². The second-order valence-corrected chi connectivity index (χ2v) is 6.40. The Morgan fingerprint density at radius 3 is 2.81 bits per heavy atom. The first kappa shape index (κ1) is 18.3. The third kappa shape index (κ3) is 7.70. The number of hydrogen-bond donors (Lipinski definition) is 2. The van der Waals surface area contributed by atoms with Crippen molar-refractivity contribution in [3.63, 3.8) is 0 Å². The molecule has 1 heterocycles. The van der Waals surface area contributed by atoms with Gasteiger partial charge in [-0.25, -0.2) is 0 Å². The van der Waals surface area contributed by atoms with Crippen molar-refractivity contribution in [1.29, 1.82) is 0 Å². The number of guanidine groups is 1. The van der Waals surface area contributed by atoms with Gasteiger partial charge in [0.2, 0.25) is 0 Å². The van der Waals surface area contributed by atoms with Crippen molar-refractivity contribution in [3.8, 4) is 0 Å². The van der Waals surface area contributed by atoms with Crippen LogP contribution in [0.2, 0.25) is 0 Å². The largest absolute Gasteiger partial charge is 0.356 e. The van der Waals surface area contributed by atoms with Crippen LogP contribution in [0.1, 0.15) is 59.3 Å². The molecule has 4 heteroatoms. The maximum absolute atomic E-state index is 4.36. The van der Waals surface area contributed by atoms with Gasteiger partial charge in [0.25, 0.3) is 0 Å². The maximum Gasteiger partial charge on any atom is 0.191 e. The van der Waals surface area contributed by atoms with Crippen LogP contribution in [0.4, 0.5) is 0 Å². The monoisotopic (exact) mass is 296 g/mol. The molecule has 0 aromatic carbocycles. The van der Waals surface area contributed by atoms with Crippen LogP contribution in [-0.4, -0.2) is 50.1 Å². The second-order valence-electron chi connectivity index (χ2n) is 6.40. The molecular formula is C17H36N4. The van der Waals surface area contributed by atoms with E-state index < -0.39 is 0 Å². The van der Waals surface area contributed by atoms with Crippen molar-refractivity contribution in [1.82, 2.24) is 15.5 Å². The Labute approximate surface area is 131 Å². The third-order valence-electron chi connectivity index (χ3n) is 4.46. The van der Waals surface area contributed by atoms with E-state index in [0.29, 0.717) is 6.04 Å². The Kier molecular flexibility index (Phi) is 9.48. The lowest BCUT2D eigenvalue weighted by Crippen LogP contribution is -2.46. The molecule has 0 aromatic rings. The predicted octanol–water partition coefficient (Wildman–Crippen LogP) is 2.85. The summed E-state index contributed by atoms with van der Waals surface area (Å²) in [6.07, 6.45) is 7.81.